The third-order valence-corrected chi connectivity index (χ3v) is 3.76. The SMILES string of the molecule is CCCNC(=O)C(=O)NC[C@@H]1COC2(CCCCC2)O1. The minimum Gasteiger partial charge on any atom is -0.348 e. The number of nitrogens with one attached hydrogen (secondary N) is 2. The molecule has 2 aliphatic rings. The maximum Gasteiger partial charge on any atom is 0.309 e. The molecule has 1 heterocycles. The summed E-state index contributed by atoms with van der Waals surface area (Å²) in [4.78, 5) is 23.0. The molecular weight excluding hydrogens is 260 g/mol. The lowest BCUT2D eigenvalue weighted by Gasteiger charge is -2.31. The molecule has 20 heavy (non-hydrogen) atoms. The van der Waals surface area contributed by atoms with Gasteiger partial charge < -0.3 is 20.1 Å². The number of hydrogen-bond acceptors (Lipinski definition) is 4. The van der Waals surface area contributed by atoms with Crippen molar-refractivity contribution in [1.29, 1.82) is 0 Å². The molecule has 0 aromatic carbocycles. The van der Waals surface area contributed by atoms with Crippen LogP contribution in [-0.2, 0) is 19.1 Å². The summed E-state index contributed by atoms with van der Waals surface area (Å²) in [6, 6.07) is 0. The summed E-state index contributed by atoms with van der Waals surface area (Å²) in [5.74, 6) is -1.62. The first-order chi connectivity index (χ1) is 9.65. The van der Waals surface area contributed by atoms with E-state index in [2.05, 4.69) is 10.6 Å². The molecule has 0 aromatic rings. The summed E-state index contributed by atoms with van der Waals surface area (Å²) in [7, 11) is 0. The first kappa shape index (κ1) is 15.3. The Morgan fingerprint density at radius 3 is 2.55 bits per heavy atom. The van der Waals surface area contributed by atoms with E-state index in [1.807, 2.05) is 6.92 Å². The molecule has 0 aromatic heterocycles. The molecule has 1 aliphatic carbocycles. The predicted molar refractivity (Wildman–Crippen MR) is 73.0 cm³/mol. The van der Waals surface area contributed by atoms with Gasteiger partial charge in [-0.3, -0.25) is 9.59 Å². The molecule has 1 saturated carbocycles. The second-order valence-corrected chi connectivity index (χ2v) is 5.49. The highest BCUT2D eigenvalue weighted by Crippen LogP contribution is 2.37. The van der Waals surface area contributed by atoms with Gasteiger partial charge in [0.2, 0.25) is 0 Å². The molecule has 2 fully saturated rings. The van der Waals surface area contributed by atoms with Crippen molar-refractivity contribution in [1.82, 2.24) is 10.6 Å². The largest absolute Gasteiger partial charge is 0.348 e. The fraction of sp³-hybridized carbons (Fsp3) is 0.857. The van der Waals surface area contributed by atoms with Crippen LogP contribution in [0, 0.1) is 0 Å². The zero-order valence-corrected chi connectivity index (χ0v) is 12.1. The Morgan fingerprint density at radius 2 is 1.85 bits per heavy atom. The van der Waals surface area contributed by atoms with Crippen LogP contribution >= 0.6 is 0 Å². The minimum absolute atomic E-state index is 0.156. The number of carbonyl (C=O) groups excluding carboxylic acids is 2. The second kappa shape index (κ2) is 7.04. The average Bonchev–Trinajstić information content (AvgIpc) is 2.85. The van der Waals surface area contributed by atoms with Crippen LogP contribution in [0.4, 0.5) is 0 Å². The van der Waals surface area contributed by atoms with E-state index in [0.717, 1.165) is 32.1 Å². The molecule has 0 bridgehead atoms. The first-order valence-electron chi connectivity index (χ1n) is 7.53. The van der Waals surface area contributed by atoms with Crippen molar-refractivity contribution in [2.24, 2.45) is 0 Å². The van der Waals surface area contributed by atoms with Crippen LogP contribution in [0.15, 0.2) is 0 Å². The number of rotatable bonds is 4. The monoisotopic (exact) mass is 284 g/mol. The van der Waals surface area contributed by atoms with E-state index >= 15 is 0 Å². The summed E-state index contributed by atoms with van der Waals surface area (Å²) in [6.07, 6.45) is 5.98. The van der Waals surface area contributed by atoms with Crippen LogP contribution in [0.25, 0.3) is 0 Å². The molecule has 1 atom stereocenters. The van der Waals surface area contributed by atoms with Gasteiger partial charge in [-0.2, -0.15) is 0 Å². The number of amides is 2. The molecule has 2 amide bonds. The summed E-state index contributed by atoms with van der Waals surface area (Å²) < 4.78 is 11.7. The highest BCUT2D eigenvalue weighted by atomic mass is 16.7. The topological polar surface area (TPSA) is 76.7 Å². The summed E-state index contributed by atoms with van der Waals surface area (Å²) in [6.45, 7) is 3.25. The Labute approximate surface area is 119 Å². The molecule has 1 spiro atoms. The van der Waals surface area contributed by atoms with Crippen molar-refractivity contribution in [3.8, 4) is 0 Å². The Bertz CT molecular complexity index is 353. The zero-order valence-electron chi connectivity index (χ0n) is 12.1. The van der Waals surface area contributed by atoms with Crippen molar-refractivity contribution in [2.45, 2.75) is 57.3 Å². The smallest absolute Gasteiger partial charge is 0.309 e. The van der Waals surface area contributed by atoms with Crippen LogP contribution in [0.5, 0.6) is 0 Å². The van der Waals surface area contributed by atoms with Gasteiger partial charge in [0.1, 0.15) is 6.10 Å². The Balaban J connectivity index is 1.70. The van der Waals surface area contributed by atoms with Crippen molar-refractivity contribution in [2.75, 3.05) is 19.7 Å². The van der Waals surface area contributed by atoms with Gasteiger partial charge in [-0.15, -0.1) is 0 Å². The van der Waals surface area contributed by atoms with E-state index in [4.69, 9.17) is 9.47 Å². The predicted octanol–water partition coefficient (Wildman–Crippen LogP) is 0.705. The Hall–Kier alpha value is -1.14. The standard InChI is InChI=1S/C14H24N2O4/c1-2-8-15-12(17)13(18)16-9-11-10-19-14(20-11)6-4-3-5-7-14/h11H,2-10H2,1H3,(H,15,17)(H,16,18)/t11-/m1/s1. The first-order valence-corrected chi connectivity index (χ1v) is 7.53. The molecule has 2 N–H and O–H groups in total. The van der Waals surface area contributed by atoms with Gasteiger partial charge >= 0.3 is 11.8 Å². The normalized spacial score (nSPS) is 24.6. The van der Waals surface area contributed by atoms with Gasteiger partial charge in [0.05, 0.1) is 6.61 Å². The average molecular weight is 284 g/mol. The molecule has 6 nitrogen and oxygen atoms in total. The van der Waals surface area contributed by atoms with E-state index in [0.29, 0.717) is 19.7 Å². The van der Waals surface area contributed by atoms with Crippen LogP contribution < -0.4 is 10.6 Å². The minimum atomic E-state index is -0.605. The van der Waals surface area contributed by atoms with Gasteiger partial charge in [0.25, 0.3) is 0 Å². The van der Waals surface area contributed by atoms with Gasteiger partial charge in [-0.1, -0.05) is 13.3 Å². The van der Waals surface area contributed by atoms with Crippen LogP contribution in [-0.4, -0.2) is 43.4 Å². The van der Waals surface area contributed by atoms with E-state index < -0.39 is 17.6 Å². The summed E-state index contributed by atoms with van der Waals surface area (Å²) >= 11 is 0. The van der Waals surface area contributed by atoms with Gasteiger partial charge in [-0.05, 0) is 19.3 Å². The molecule has 0 unspecified atom stereocenters. The fourth-order valence-corrected chi connectivity index (χ4v) is 2.68. The van der Waals surface area contributed by atoms with Gasteiger partial charge in [-0.25, -0.2) is 0 Å². The molecule has 2 rings (SSSR count). The van der Waals surface area contributed by atoms with E-state index in [9.17, 15) is 9.59 Å². The number of hydrogen-bond donors (Lipinski definition) is 2. The highest BCUT2D eigenvalue weighted by molar-refractivity contribution is 6.35. The van der Waals surface area contributed by atoms with Crippen molar-refractivity contribution >= 4 is 11.8 Å². The number of ether oxygens (including phenoxy) is 2. The summed E-state index contributed by atoms with van der Waals surface area (Å²) in [5.41, 5.74) is 0. The van der Waals surface area contributed by atoms with Gasteiger partial charge in [0, 0.05) is 25.9 Å². The van der Waals surface area contributed by atoms with E-state index in [-0.39, 0.29) is 6.10 Å². The highest BCUT2D eigenvalue weighted by Gasteiger charge is 2.42. The summed E-state index contributed by atoms with van der Waals surface area (Å²) in [5, 5.41) is 5.14. The third kappa shape index (κ3) is 3.93. The molecule has 1 saturated heterocycles. The fourth-order valence-electron chi connectivity index (χ4n) is 2.68. The lowest BCUT2D eigenvalue weighted by Crippen LogP contribution is -2.43. The molecule has 6 heteroatoms. The lowest BCUT2D eigenvalue weighted by atomic mass is 9.94. The van der Waals surface area contributed by atoms with Crippen molar-refractivity contribution < 1.29 is 19.1 Å². The number of carbonyl (C=O) groups is 2. The van der Waals surface area contributed by atoms with E-state index in [1.54, 1.807) is 0 Å². The third-order valence-electron chi connectivity index (χ3n) is 3.76. The Kier molecular flexibility index (Phi) is 5.37. The quantitative estimate of drug-likeness (QED) is 0.745. The molecular formula is C14H24N2O4. The molecule has 114 valence electrons. The second-order valence-electron chi connectivity index (χ2n) is 5.49. The van der Waals surface area contributed by atoms with Crippen molar-refractivity contribution in [3.05, 3.63) is 0 Å². The Morgan fingerprint density at radius 1 is 1.15 bits per heavy atom. The van der Waals surface area contributed by atoms with E-state index in [1.165, 1.54) is 6.42 Å². The molecule has 1 aliphatic heterocycles. The van der Waals surface area contributed by atoms with Crippen LogP contribution in [0.2, 0.25) is 0 Å². The zero-order chi connectivity index (χ0) is 14.4. The lowest BCUT2D eigenvalue weighted by molar-refractivity contribution is -0.186. The maximum atomic E-state index is 11.6. The van der Waals surface area contributed by atoms with Crippen molar-refractivity contribution in [3.63, 3.8) is 0 Å². The van der Waals surface area contributed by atoms with Crippen LogP contribution in [0.3, 0.4) is 0 Å². The van der Waals surface area contributed by atoms with Gasteiger partial charge in [0.15, 0.2) is 5.79 Å². The van der Waals surface area contributed by atoms with Crippen LogP contribution in [0.1, 0.15) is 45.4 Å². The molecule has 0 radical (unpaired) electrons. The maximum absolute atomic E-state index is 11.6.